The minimum atomic E-state index is 0.235. The molecule has 26 heavy (non-hydrogen) atoms. The Morgan fingerprint density at radius 1 is 1.15 bits per heavy atom. The summed E-state index contributed by atoms with van der Waals surface area (Å²) in [6, 6.07) is 15.2. The van der Waals surface area contributed by atoms with Gasteiger partial charge >= 0.3 is 0 Å². The summed E-state index contributed by atoms with van der Waals surface area (Å²) in [6.07, 6.45) is 1.65. The first kappa shape index (κ1) is 17.3. The molecule has 0 amide bonds. The average molecular weight is 352 g/mol. The Morgan fingerprint density at radius 2 is 1.96 bits per heavy atom. The lowest BCUT2D eigenvalue weighted by Crippen LogP contribution is -2.23. The number of aliphatic imine (C=N–C) groups is 1. The molecule has 3 rings (SSSR count). The Bertz CT molecular complexity index is 892. The standard InChI is InChI=1S/C18H20N6O2/c1-25-14-8-9-16(26-2)15(10-14)22-18(19)20-11-17-23-21-12-24(17)13-6-4-3-5-7-13/h3-10,12H,11H2,1-2H3,(H3,19,20,22). The van der Waals surface area contributed by atoms with Gasteiger partial charge in [0.25, 0.3) is 0 Å². The number of benzene rings is 2. The minimum absolute atomic E-state index is 0.235. The smallest absolute Gasteiger partial charge is 0.193 e. The maximum Gasteiger partial charge on any atom is 0.193 e. The molecule has 0 unspecified atom stereocenters. The zero-order valence-corrected chi connectivity index (χ0v) is 14.6. The molecule has 8 nitrogen and oxygen atoms in total. The molecule has 3 N–H and O–H groups in total. The second-order valence-electron chi connectivity index (χ2n) is 5.35. The second-order valence-corrected chi connectivity index (χ2v) is 5.35. The molecule has 0 radical (unpaired) electrons. The van der Waals surface area contributed by atoms with Gasteiger partial charge in [0.15, 0.2) is 11.8 Å². The van der Waals surface area contributed by atoms with Crippen molar-refractivity contribution in [2.24, 2.45) is 10.7 Å². The molecule has 0 spiro atoms. The number of rotatable bonds is 6. The third kappa shape index (κ3) is 3.92. The number of ether oxygens (including phenoxy) is 2. The zero-order valence-electron chi connectivity index (χ0n) is 14.6. The highest BCUT2D eigenvalue weighted by atomic mass is 16.5. The van der Waals surface area contributed by atoms with Crippen molar-refractivity contribution < 1.29 is 9.47 Å². The van der Waals surface area contributed by atoms with E-state index < -0.39 is 0 Å². The first-order valence-electron chi connectivity index (χ1n) is 7.94. The van der Waals surface area contributed by atoms with Gasteiger partial charge in [-0.2, -0.15) is 0 Å². The summed E-state index contributed by atoms with van der Waals surface area (Å²) >= 11 is 0. The van der Waals surface area contributed by atoms with Gasteiger partial charge < -0.3 is 20.5 Å². The maximum atomic E-state index is 6.01. The van der Waals surface area contributed by atoms with Crippen molar-refractivity contribution in [2.45, 2.75) is 6.54 Å². The molecule has 0 aliphatic rings. The number of aromatic nitrogens is 3. The number of hydrogen-bond acceptors (Lipinski definition) is 5. The Labute approximate surface area is 151 Å². The van der Waals surface area contributed by atoms with Crippen LogP contribution in [0.2, 0.25) is 0 Å². The fourth-order valence-electron chi connectivity index (χ4n) is 2.42. The number of nitrogens with zero attached hydrogens (tertiary/aromatic N) is 4. The molecule has 0 aliphatic carbocycles. The molecule has 0 bridgehead atoms. The molecule has 2 aromatic carbocycles. The van der Waals surface area contributed by atoms with Crippen LogP contribution in [0.4, 0.5) is 5.69 Å². The Kier molecular flexibility index (Phi) is 5.33. The summed E-state index contributed by atoms with van der Waals surface area (Å²) < 4.78 is 12.4. The number of nitrogens with one attached hydrogen (secondary N) is 1. The Balaban J connectivity index is 1.75. The fraction of sp³-hybridized carbons (Fsp3) is 0.167. The quantitative estimate of drug-likeness (QED) is 0.521. The predicted molar refractivity (Wildman–Crippen MR) is 99.9 cm³/mol. The van der Waals surface area contributed by atoms with E-state index in [4.69, 9.17) is 15.2 Å². The normalized spacial score (nSPS) is 11.2. The Hall–Kier alpha value is -3.55. The van der Waals surface area contributed by atoms with E-state index in [1.165, 1.54) is 0 Å². The molecular weight excluding hydrogens is 332 g/mol. The van der Waals surface area contributed by atoms with Crippen molar-refractivity contribution in [1.29, 1.82) is 0 Å². The van der Waals surface area contributed by atoms with Crippen LogP contribution in [-0.2, 0) is 6.54 Å². The molecule has 1 aromatic heterocycles. The van der Waals surface area contributed by atoms with E-state index in [2.05, 4.69) is 20.5 Å². The summed E-state index contributed by atoms with van der Waals surface area (Å²) in [5, 5.41) is 11.1. The van der Waals surface area contributed by atoms with E-state index in [1.807, 2.05) is 34.9 Å². The average Bonchev–Trinajstić information content (AvgIpc) is 3.15. The molecule has 0 atom stereocenters. The highest BCUT2D eigenvalue weighted by Crippen LogP contribution is 2.28. The van der Waals surface area contributed by atoms with E-state index in [1.54, 1.807) is 38.7 Å². The van der Waals surface area contributed by atoms with Gasteiger partial charge in [-0.25, -0.2) is 4.99 Å². The third-order valence-electron chi connectivity index (χ3n) is 3.71. The van der Waals surface area contributed by atoms with Crippen molar-refractivity contribution >= 4 is 11.6 Å². The Morgan fingerprint density at radius 3 is 2.69 bits per heavy atom. The summed E-state index contributed by atoms with van der Waals surface area (Å²) in [7, 11) is 3.18. The van der Waals surface area contributed by atoms with Gasteiger partial charge in [-0.3, -0.25) is 4.57 Å². The van der Waals surface area contributed by atoms with Crippen LogP contribution in [0.3, 0.4) is 0 Å². The third-order valence-corrected chi connectivity index (χ3v) is 3.71. The van der Waals surface area contributed by atoms with Gasteiger partial charge in [-0.15, -0.1) is 10.2 Å². The van der Waals surface area contributed by atoms with E-state index >= 15 is 0 Å². The molecular formula is C18H20N6O2. The second kappa shape index (κ2) is 8.02. The molecule has 0 saturated heterocycles. The van der Waals surface area contributed by atoms with Crippen LogP contribution in [0.25, 0.3) is 5.69 Å². The number of methoxy groups -OCH3 is 2. The van der Waals surface area contributed by atoms with Gasteiger partial charge in [0.1, 0.15) is 24.4 Å². The largest absolute Gasteiger partial charge is 0.497 e. The lowest BCUT2D eigenvalue weighted by Gasteiger charge is -2.12. The van der Waals surface area contributed by atoms with Crippen molar-refractivity contribution in [3.63, 3.8) is 0 Å². The highest BCUT2D eigenvalue weighted by molar-refractivity contribution is 5.93. The summed E-state index contributed by atoms with van der Waals surface area (Å²) in [5.74, 6) is 2.24. The zero-order chi connectivity index (χ0) is 18.4. The molecule has 0 aliphatic heterocycles. The van der Waals surface area contributed by atoms with Gasteiger partial charge in [-0.05, 0) is 24.3 Å². The van der Waals surface area contributed by atoms with Crippen molar-refractivity contribution in [3.05, 3.63) is 60.7 Å². The first-order valence-corrected chi connectivity index (χ1v) is 7.94. The predicted octanol–water partition coefficient (Wildman–Crippen LogP) is 2.21. The maximum absolute atomic E-state index is 6.01. The van der Waals surface area contributed by atoms with Crippen molar-refractivity contribution in [3.8, 4) is 17.2 Å². The van der Waals surface area contributed by atoms with Crippen LogP contribution >= 0.6 is 0 Å². The molecule has 0 saturated carbocycles. The summed E-state index contributed by atoms with van der Waals surface area (Å²) in [6.45, 7) is 0.278. The van der Waals surface area contributed by atoms with Crippen molar-refractivity contribution in [2.75, 3.05) is 19.5 Å². The number of nitrogens with two attached hydrogens (primary N) is 1. The molecule has 8 heteroatoms. The lowest BCUT2D eigenvalue weighted by molar-refractivity contribution is 0.405. The van der Waals surface area contributed by atoms with Crippen molar-refractivity contribution in [1.82, 2.24) is 14.8 Å². The number of anilines is 1. The van der Waals surface area contributed by atoms with Crippen LogP contribution < -0.4 is 20.5 Å². The van der Waals surface area contributed by atoms with Crippen LogP contribution in [0, 0.1) is 0 Å². The number of guanidine groups is 1. The highest BCUT2D eigenvalue weighted by Gasteiger charge is 2.08. The van der Waals surface area contributed by atoms with E-state index in [0.29, 0.717) is 23.0 Å². The van der Waals surface area contributed by atoms with Crippen LogP contribution in [0.1, 0.15) is 5.82 Å². The number of hydrogen-bond donors (Lipinski definition) is 2. The summed E-state index contributed by atoms with van der Waals surface area (Å²) in [5.41, 5.74) is 7.64. The van der Waals surface area contributed by atoms with E-state index in [-0.39, 0.29) is 12.5 Å². The van der Waals surface area contributed by atoms with Gasteiger partial charge in [0, 0.05) is 11.8 Å². The first-order chi connectivity index (χ1) is 12.7. The van der Waals surface area contributed by atoms with E-state index in [9.17, 15) is 0 Å². The van der Waals surface area contributed by atoms with Gasteiger partial charge in [0.05, 0.1) is 19.9 Å². The number of para-hydroxylation sites is 1. The fourth-order valence-corrected chi connectivity index (χ4v) is 2.42. The monoisotopic (exact) mass is 352 g/mol. The molecule has 0 fully saturated rings. The van der Waals surface area contributed by atoms with E-state index in [0.717, 1.165) is 5.69 Å². The SMILES string of the molecule is COc1ccc(OC)c(NC(N)=NCc2nncn2-c2ccccc2)c1. The van der Waals surface area contributed by atoms with Gasteiger partial charge in [-0.1, -0.05) is 18.2 Å². The van der Waals surface area contributed by atoms with Crippen LogP contribution in [0.15, 0.2) is 59.9 Å². The lowest BCUT2D eigenvalue weighted by atomic mass is 10.2. The summed E-state index contributed by atoms with van der Waals surface area (Å²) in [4.78, 5) is 4.34. The minimum Gasteiger partial charge on any atom is -0.497 e. The molecule has 134 valence electrons. The topological polar surface area (TPSA) is 99.6 Å². The van der Waals surface area contributed by atoms with Crippen LogP contribution in [0.5, 0.6) is 11.5 Å². The molecule has 3 aromatic rings. The van der Waals surface area contributed by atoms with Crippen LogP contribution in [-0.4, -0.2) is 34.9 Å². The van der Waals surface area contributed by atoms with Gasteiger partial charge in [0.2, 0.25) is 0 Å². The molecule has 1 heterocycles.